The van der Waals surface area contributed by atoms with Crippen LogP contribution in [0.5, 0.6) is 0 Å². The van der Waals surface area contributed by atoms with Crippen LogP contribution in [0.15, 0.2) is 0 Å². The summed E-state index contributed by atoms with van der Waals surface area (Å²) in [5.41, 5.74) is 0. The fraction of sp³-hybridized carbons (Fsp3) is 1.00. The number of hydrogen-bond acceptors (Lipinski definition) is 7. The molecule has 0 amide bonds. The second-order valence-electron chi connectivity index (χ2n) is 5.31. The van der Waals surface area contributed by atoms with Crippen molar-refractivity contribution in [3.8, 4) is 0 Å². The normalized spacial score (nSPS) is 19.9. The van der Waals surface area contributed by atoms with E-state index >= 15 is 0 Å². The van der Waals surface area contributed by atoms with Gasteiger partial charge in [0.15, 0.2) is 0 Å². The van der Waals surface area contributed by atoms with E-state index in [0.717, 1.165) is 31.0 Å². The summed E-state index contributed by atoms with van der Waals surface area (Å²) >= 11 is 0. The molecule has 0 aliphatic rings. The summed E-state index contributed by atoms with van der Waals surface area (Å²) in [5.74, 6) is 0. The molecule has 128 valence electrons. The van der Waals surface area contributed by atoms with Gasteiger partial charge in [-0.05, 0) is 13.0 Å². The molecule has 0 aliphatic heterocycles. The molecule has 0 aliphatic carbocycles. The lowest BCUT2D eigenvalue weighted by molar-refractivity contribution is -0.145. The summed E-state index contributed by atoms with van der Waals surface area (Å²) in [6, 6.07) is 0. The fourth-order valence-electron chi connectivity index (χ4n) is 1.94. The van der Waals surface area contributed by atoms with Crippen molar-refractivity contribution in [3.63, 3.8) is 0 Å². The molecule has 7 N–H and O–H groups in total. The number of aliphatic hydroxyl groups excluding tert-OH is 6. The number of unbranched alkanes of at least 4 members (excludes halogenated alkanes) is 5. The molecule has 1 unspecified atom stereocenters. The molecule has 0 spiro atoms. The Bertz CT molecular complexity index is 274. The summed E-state index contributed by atoms with van der Waals surface area (Å²) in [4.78, 5) is 0. The van der Waals surface area contributed by atoms with Gasteiger partial charge < -0.3 is 30.6 Å². The number of aliphatic hydroxyl groups is 6. The summed E-state index contributed by atoms with van der Waals surface area (Å²) in [5, 5.41) is 57.2. The Balaban J connectivity index is 4.11. The molecule has 0 bridgehead atoms. The third kappa shape index (κ3) is 8.67. The average molecular weight is 310 g/mol. The first-order valence-corrected chi connectivity index (χ1v) is 7.63. The molecule has 0 saturated heterocycles. The van der Waals surface area contributed by atoms with Crippen LogP contribution in [0, 0.1) is 0 Å². The fourth-order valence-corrected chi connectivity index (χ4v) is 1.94. The standard InChI is InChI=1S/C14H31NO6/c1-2-3-4-5-6-7-8-15-14(21)13(20)12(19)11(18)10(17)9-16/h10-21H,2-9H2,1H3/t10-,11-,12+,13-,14?/m1/s1/i/hD. The van der Waals surface area contributed by atoms with E-state index in [1.54, 1.807) is 0 Å². The highest BCUT2D eigenvalue weighted by Crippen LogP contribution is 2.08. The van der Waals surface area contributed by atoms with Crippen LogP contribution in [0.2, 0.25) is 1.41 Å². The van der Waals surface area contributed by atoms with Crippen LogP contribution in [0.1, 0.15) is 45.4 Å². The van der Waals surface area contributed by atoms with Gasteiger partial charge >= 0.3 is 0 Å². The second-order valence-corrected chi connectivity index (χ2v) is 5.31. The van der Waals surface area contributed by atoms with Crippen molar-refractivity contribution < 1.29 is 32.1 Å². The third-order valence-corrected chi connectivity index (χ3v) is 3.41. The zero-order chi connectivity index (χ0) is 17.1. The summed E-state index contributed by atoms with van der Waals surface area (Å²) in [6.07, 6.45) is -2.74. The Morgan fingerprint density at radius 2 is 1.43 bits per heavy atom. The molecule has 0 radical (unpaired) electrons. The van der Waals surface area contributed by atoms with Crippen molar-refractivity contribution in [2.24, 2.45) is 0 Å². The second kappa shape index (κ2) is 12.3. The predicted molar refractivity (Wildman–Crippen MR) is 78.5 cm³/mol. The lowest BCUT2D eigenvalue weighted by Crippen LogP contribution is -2.53. The van der Waals surface area contributed by atoms with Gasteiger partial charge in [-0.2, -0.15) is 0 Å². The zero-order valence-corrected chi connectivity index (χ0v) is 12.7. The minimum atomic E-state index is -1.87. The van der Waals surface area contributed by atoms with E-state index < -0.39 is 37.3 Å². The molecule has 7 heteroatoms. The molecular formula is C14H31NO6. The molecular weight excluding hydrogens is 278 g/mol. The molecule has 0 aromatic carbocycles. The maximum Gasteiger partial charge on any atom is 0.133 e. The topological polar surface area (TPSA) is 133 Å². The van der Waals surface area contributed by atoms with Gasteiger partial charge in [0.1, 0.15) is 32.1 Å². The summed E-state index contributed by atoms with van der Waals surface area (Å²) in [7, 11) is 0. The Morgan fingerprint density at radius 1 is 0.857 bits per heavy atom. The Kier molecular flexibility index (Phi) is 11.0. The van der Waals surface area contributed by atoms with Gasteiger partial charge in [0.05, 0.1) is 6.61 Å². The van der Waals surface area contributed by atoms with Gasteiger partial charge in [0.25, 0.3) is 0 Å². The lowest BCUT2D eigenvalue weighted by Gasteiger charge is -2.28. The molecule has 0 rings (SSSR count). The van der Waals surface area contributed by atoms with E-state index in [-0.39, 0.29) is 6.54 Å². The van der Waals surface area contributed by atoms with Crippen molar-refractivity contribution in [1.29, 1.82) is 0 Å². The van der Waals surface area contributed by atoms with E-state index in [1.807, 2.05) is 0 Å². The van der Waals surface area contributed by atoms with Gasteiger partial charge in [-0.1, -0.05) is 39.0 Å². The highest BCUT2D eigenvalue weighted by atomic mass is 16.4. The SMILES string of the molecule is [2H]N(CCCCCCCC)C(O)[C@H](O)[C@@H](O)[C@H](O)[C@H](O)CO. The van der Waals surface area contributed by atoms with Crippen molar-refractivity contribution in [3.05, 3.63) is 0 Å². The Labute approximate surface area is 127 Å². The zero-order valence-electron chi connectivity index (χ0n) is 13.7. The van der Waals surface area contributed by atoms with Crippen molar-refractivity contribution in [2.45, 2.75) is 76.1 Å². The van der Waals surface area contributed by atoms with E-state index in [1.165, 1.54) is 6.42 Å². The van der Waals surface area contributed by atoms with Crippen LogP contribution in [-0.4, -0.2) is 74.4 Å². The predicted octanol–water partition coefficient (Wildman–Crippen LogP) is -1.31. The van der Waals surface area contributed by atoms with Crippen molar-refractivity contribution >= 4 is 0 Å². The molecule has 5 atom stereocenters. The number of hydrogen-bond donors (Lipinski definition) is 7. The van der Waals surface area contributed by atoms with E-state index in [9.17, 15) is 25.5 Å². The van der Waals surface area contributed by atoms with Crippen LogP contribution in [0.4, 0.5) is 0 Å². The van der Waals surface area contributed by atoms with Crippen molar-refractivity contribution in [2.75, 3.05) is 13.2 Å². The third-order valence-electron chi connectivity index (χ3n) is 3.41. The molecule has 21 heavy (non-hydrogen) atoms. The smallest absolute Gasteiger partial charge is 0.133 e. The Morgan fingerprint density at radius 3 is 2.00 bits per heavy atom. The van der Waals surface area contributed by atoms with E-state index in [2.05, 4.69) is 6.92 Å². The maximum atomic E-state index is 9.77. The highest BCUT2D eigenvalue weighted by molar-refractivity contribution is 4.83. The van der Waals surface area contributed by atoms with Crippen LogP contribution >= 0.6 is 0 Å². The van der Waals surface area contributed by atoms with Gasteiger partial charge in [-0.25, -0.2) is 0 Å². The molecule has 0 fully saturated rings. The van der Waals surface area contributed by atoms with Crippen LogP contribution in [0.3, 0.4) is 0 Å². The van der Waals surface area contributed by atoms with Gasteiger partial charge in [0.2, 0.25) is 0 Å². The van der Waals surface area contributed by atoms with Crippen LogP contribution in [-0.2, 0) is 0 Å². The first-order valence-electron chi connectivity index (χ1n) is 8.08. The van der Waals surface area contributed by atoms with E-state index in [4.69, 9.17) is 6.52 Å². The molecule has 0 saturated carbocycles. The first-order chi connectivity index (χ1) is 10.4. The number of nitrogens with one attached hydrogen (secondary N) is 1. The quantitative estimate of drug-likeness (QED) is 0.166. The van der Waals surface area contributed by atoms with Gasteiger partial charge in [-0.15, -0.1) is 0 Å². The summed E-state index contributed by atoms with van der Waals surface area (Å²) < 4.78 is 7.63. The molecule has 0 aromatic rings. The Hall–Kier alpha value is -0.280. The van der Waals surface area contributed by atoms with Crippen LogP contribution in [0.25, 0.3) is 0 Å². The van der Waals surface area contributed by atoms with Crippen LogP contribution < -0.4 is 5.31 Å². The summed E-state index contributed by atoms with van der Waals surface area (Å²) in [6.45, 7) is 1.55. The van der Waals surface area contributed by atoms with Gasteiger partial charge in [-0.3, -0.25) is 5.31 Å². The molecule has 7 nitrogen and oxygen atoms in total. The largest absolute Gasteiger partial charge is 0.394 e. The van der Waals surface area contributed by atoms with Crippen molar-refractivity contribution in [1.82, 2.24) is 5.31 Å². The van der Waals surface area contributed by atoms with E-state index in [0.29, 0.717) is 6.42 Å². The minimum absolute atomic E-state index is 0.218. The lowest BCUT2D eigenvalue weighted by atomic mass is 10.0. The minimum Gasteiger partial charge on any atom is -0.394 e. The molecule has 0 heterocycles. The number of rotatable bonds is 13. The molecule has 0 aromatic heterocycles. The average Bonchev–Trinajstić information content (AvgIpc) is 2.54. The first kappa shape index (κ1) is 18.8. The van der Waals surface area contributed by atoms with Gasteiger partial charge in [0, 0.05) is 0 Å². The monoisotopic (exact) mass is 310 g/mol. The maximum absolute atomic E-state index is 9.77. The highest BCUT2D eigenvalue weighted by Gasteiger charge is 2.33.